The number of carbonyl (C=O) groups is 2. The molecule has 2 atom stereocenters. The van der Waals surface area contributed by atoms with E-state index in [2.05, 4.69) is 9.97 Å². The molecular formula is C15H15ClF3N3O3. The number of rotatable bonds is 3. The molecule has 10 heteroatoms. The molecule has 0 spiro atoms. The summed E-state index contributed by atoms with van der Waals surface area (Å²) in [6.07, 6.45) is -1.59. The molecule has 2 N–H and O–H groups in total. The number of hydrogen-bond donors (Lipinski definition) is 2. The number of likely N-dealkylation sites (tertiary alicyclic amines) is 1. The molecule has 0 saturated carbocycles. The Bertz CT molecular complexity index is 793. The third-order valence-electron chi connectivity index (χ3n) is 4.29. The number of pyridine rings is 1. The van der Waals surface area contributed by atoms with Crippen LogP contribution in [0.15, 0.2) is 24.5 Å². The zero-order chi connectivity index (χ0) is 17.5. The molecule has 1 fully saturated rings. The molecule has 25 heavy (non-hydrogen) atoms. The SMILES string of the molecule is Cl.O=C(O)[C@@H]1CN(C(=O)Cc2c[nH]c3ncccc23)C[C@H]1C(F)(F)F. The largest absolute Gasteiger partial charge is 0.481 e. The van der Waals surface area contributed by atoms with Crippen molar-refractivity contribution >= 4 is 35.3 Å². The smallest absolute Gasteiger partial charge is 0.394 e. The number of H-pyrrole nitrogens is 1. The molecule has 0 aliphatic carbocycles. The maximum absolute atomic E-state index is 13.0. The lowest BCUT2D eigenvalue weighted by Crippen LogP contribution is -2.34. The van der Waals surface area contributed by atoms with Crippen molar-refractivity contribution in [1.29, 1.82) is 0 Å². The van der Waals surface area contributed by atoms with Crippen LogP contribution in [-0.4, -0.2) is 51.1 Å². The monoisotopic (exact) mass is 377 g/mol. The lowest BCUT2D eigenvalue weighted by molar-refractivity contribution is -0.188. The first-order valence-electron chi connectivity index (χ1n) is 7.25. The predicted octanol–water partition coefficient (Wildman–Crippen LogP) is 2.25. The fraction of sp³-hybridized carbons (Fsp3) is 0.400. The normalized spacial score (nSPS) is 20.5. The number of aliphatic carboxylic acids is 1. The van der Waals surface area contributed by atoms with Crippen LogP contribution in [0.25, 0.3) is 11.0 Å². The van der Waals surface area contributed by atoms with Gasteiger partial charge in [0.15, 0.2) is 0 Å². The molecule has 1 amide bonds. The number of carboxylic acids is 1. The number of halogens is 4. The average Bonchev–Trinajstić information content (AvgIpc) is 3.11. The Kier molecular flexibility index (Phi) is 5.26. The van der Waals surface area contributed by atoms with Gasteiger partial charge in [0.25, 0.3) is 0 Å². The minimum Gasteiger partial charge on any atom is -0.481 e. The van der Waals surface area contributed by atoms with Gasteiger partial charge in [-0.2, -0.15) is 13.2 Å². The third-order valence-corrected chi connectivity index (χ3v) is 4.29. The Hall–Kier alpha value is -2.29. The van der Waals surface area contributed by atoms with Gasteiger partial charge in [-0.15, -0.1) is 12.4 Å². The lowest BCUT2D eigenvalue weighted by atomic mass is 9.96. The molecule has 6 nitrogen and oxygen atoms in total. The number of aromatic amines is 1. The van der Waals surface area contributed by atoms with Gasteiger partial charge < -0.3 is 15.0 Å². The van der Waals surface area contributed by atoms with E-state index >= 15 is 0 Å². The molecule has 1 aliphatic rings. The van der Waals surface area contributed by atoms with E-state index in [0.717, 1.165) is 4.90 Å². The van der Waals surface area contributed by atoms with Gasteiger partial charge in [0, 0.05) is 30.9 Å². The molecule has 1 saturated heterocycles. The lowest BCUT2D eigenvalue weighted by Gasteiger charge is -2.18. The highest BCUT2D eigenvalue weighted by molar-refractivity contribution is 5.87. The van der Waals surface area contributed by atoms with Crippen molar-refractivity contribution in [2.45, 2.75) is 12.6 Å². The van der Waals surface area contributed by atoms with E-state index < -0.39 is 43.0 Å². The Morgan fingerprint density at radius 3 is 2.68 bits per heavy atom. The number of carbonyl (C=O) groups excluding carboxylic acids is 1. The molecule has 0 aromatic carbocycles. The Morgan fingerprint density at radius 2 is 2.08 bits per heavy atom. The van der Waals surface area contributed by atoms with Gasteiger partial charge >= 0.3 is 12.1 Å². The van der Waals surface area contributed by atoms with E-state index in [4.69, 9.17) is 5.11 Å². The van der Waals surface area contributed by atoms with E-state index in [-0.39, 0.29) is 18.8 Å². The van der Waals surface area contributed by atoms with E-state index in [1.807, 2.05) is 0 Å². The van der Waals surface area contributed by atoms with Crippen LogP contribution >= 0.6 is 12.4 Å². The molecule has 0 radical (unpaired) electrons. The molecular weight excluding hydrogens is 363 g/mol. The highest BCUT2D eigenvalue weighted by Gasteiger charge is 2.53. The Labute approximate surface area is 146 Å². The summed E-state index contributed by atoms with van der Waals surface area (Å²) in [4.78, 5) is 31.3. The van der Waals surface area contributed by atoms with E-state index in [1.165, 1.54) is 0 Å². The first-order chi connectivity index (χ1) is 11.3. The second-order valence-electron chi connectivity index (χ2n) is 5.78. The standard InChI is InChI=1S/C15H14F3N3O3.ClH/c16-15(17,18)11-7-21(6-10(11)14(23)24)12(22)4-8-5-20-13-9(8)2-1-3-19-13;/h1-3,5,10-11H,4,6-7H2,(H,19,20)(H,23,24);1H/t10-,11-;/m1./s1. The number of fused-ring (bicyclic) bond motifs is 1. The molecule has 0 bridgehead atoms. The molecule has 2 aromatic rings. The number of nitrogens with zero attached hydrogens (tertiary/aromatic N) is 2. The van der Waals surface area contributed by atoms with Crippen molar-refractivity contribution in [3.8, 4) is 0 Å². The third kappa shape index (κ3) is 3.71. The summed E-state index contributed by atoms with van der Waals surface area (Å²) in [5.41, 5.74) is 1.20. The maximum Gasteiger partial charge on any atom is 0.394 e. The van der Waals surface area contributed by atoms with Gasteiger partial charge in [-0.25, -0.2) is 4.98 Å². The Balaban J connectivity index is 0.00000225. The molecule has 0 unspecified atom stereocenters. The first-order valence-corrected chi connectivity index (χ1v) is 7.25. The minimum absolute atomic E-state index is 0. The quantitative estimate of drug-likeness (QED) is 0.859. The molecule has 3 heterocycles. The van der Waals surface area contributed by atoms with Gasteiger partial charge in [0.2, 0.25) is 5.91 Å². The van der Waals surface area contributed by atoms with Gasteiger partial charge in [-0.1, -0.05) is 0 Å². The van der Waals surface area contributed by atoms with Crippen molar-refractivity contribution in [2.24, 2.45) is 11.8 Å². The molecule has 136 valence electrons. The predicted molar refractivity (Wildman–Crippen MR) is 84.3 cm³/mol. The van der Waals surface area contributed by atoms with Crippen molar-refractivity contribution in [2.75, 3.05) is 13.1 Å². The highest BCUT2D eigenvalue weighted by Crippen LogP contribution is 2.38. The zero-order valence-electron chi connectivity index (χ0n) is 12.8. The molecule has 2 aromatic heterocycles. The number of hydrogen-bond acceptors (Lipinski definition) is 3. The van der Waals surface area contributed by atoms with Crippen LogP contribution in [0.2, 0.25) is 0 Å². The number of amides is 1. The fourth-order valence-corrected chi connectivity index (χ4v) is 3.02. The Morgan fingerprint density at radius 1 is 1.36 bits per heavy atom. The highest BCUT2D eigenvalue weighted by atomic mass is 35.5. The van der Waals surface area contributed by atoms with Crippen LogP contribution in [0.5, 0.6) is 0 Å². The average molecular weight is 378 g/mol. The van der Waals surface area contributed by atoms with Gasteiger partial charge in [0.1, 0.15) is 5.65 Å². The van der Waals surface area contributed by atoms with Crippen molar-refractivity contribution in [3.63, 3.8) is 0 Å². The molecule has 3 rings (SSSR count). The number of carboxylic acid groups (broad SMARTS) is 1. The fourth-order valence-electron chi connectivity index (χ4n) is 3.02. The topological polar surface area (TPSA) is 86.3 Å². The minimum atomic E-state index is -4.65. The van der Waals surface area contributed by atoms with Crippen LogP contribution in [0.4, 0.5) is 13.2 Å². The summed E-state index contributed by atoms with van der Waals surface area (Å²) >= 11 is 0. The van der Waals surface area contributed by atoms with Crippen molar-refractivity contribution < 1.29 is 27.9 Å². The van der Waals surface area contributed by atoms with Gasteiger partial charge in [0.05, 0.1) is 18.3 Å². The summed E-state index contributed by atoms with van der Waals surface area (Å²) in [7, 11) is 0. The van der Waals surface area contributed by atoms with E-state index in [9.17, 15) is 22.8 Å². The summed E-state index contributed by atoms with van der Waals surface area (Å²) in [6, 6.07) is 3.45. The van der Waals surface area contributed by atoms with Crippen LogP contribution in [0.1, 0.15) is 5.56 Å². The summed E-state index contributed by atoms with van der Waals surface area (Å²) < 4.78 is 38.9. The van der Waals surface area contributed by atoms with Crippen molar-refractivity contribution in [3.05, 3.63) is 30.1 Å². The second-order valence-corrected chi connectivity index (χ2v) is 5.78. The first kappa shape index (κ1) is 19.0. The summed E-state index contributed by atoms with van der Waals surface area (Å²) in [5.74, 6) is -5.73. The second kappa shape index (κ2) is 6.91. The van der Waals surface area contributed by atoms with Gasteiger partial charge in [-0.3, -0.25) is 9.59 Å². The maximum atomic E-state index is 13.0. The number of aromatic nitrogens is 2. The summed E-state index contributed by atoms with van der Waals surface area (Å²) in [6.45, 7) is -1.06. The van der Waals surface area contributed by atoms with Crippen LogP contribution in [-0.2, 0) is 16.0 Å². The van der Waals surface area contributed by atoms with Gasteiger partial charge in [-0.05, 0) is 17.7 Å². The van der Waals surface area contributed by atoms with Crippen molar-refractivity contribution in [1.82, 2.24) is 14.9 Å². The zero-order valence-corrected chi connectivity index (χ0v) is 13.6. The van der Waals surface area contributed by atoms with Crippen LogP contribution in [0, 0.1) is 11.8 Å². The molecule has 1 aliphatic heterocycles. The number of alkyl halides is 3. The summed E-state index contributed by atoms with van der Waals surface area (Å²) in [5, 5.41) is 9.71. The van der Waals surface area contributed by atoms with Crippen LogP contribution < -0.4 is 0 Å². The number of nitrogens with one attached hydrogen (secondary N) is 1. The van der Waals surface area contributed by atoms with E-state index in [1.54, 1.807) is 24.5 Å². The van der Waals surface area contributed by atoms with E-state index in [0.29, 0.717) is 16.6 Å². The van der Waals surface area contributed by atoms with Crippen LogP contribution in [0.3, 0.4) is 0 Å².